The Kier molecular flexibility index (Phi) is 3.32. The lowest BCUT2D eigenvalue weighted by Gasteiger charge is -2.25. The average Bonchev–Trinajstić information content (AvgIpc) is 2.45. The summed E-state index contributed by atoms with van der Waals surface area (Å²) in [5.74, 6) is 0. The second-order valence-corrected chi connectivity index (χ2v) is 4.40. The van der Waals surface area contributed by atoms with Gasteiger partial charge in [0.2, 0.25) is 0 Å². The van der Waals surface area contributed by atoms with Crippen LogP contribution in [0.4, 0.5) is 0 Å². The van der Waals surface area contributed by atoms with E-state index in [2.05, 4.69) is 25.0 Å². The molecule has 0 aliphatic heterocycles. The van der Waals surface area contributed by atoms with E-state index in [1.165, 1.54) is 5.69 Å². The summed E-state index contributed by atoms with van der Waals surface area (Å²) in [6.45, 7) is 6.44. The molecule has 0 saturated heterocycles. The number of rotatable bonds is 4. The second kappa shape index (κ2) is 4.13. The summed E-state index contributed by atoms with van der Waals surface area (Å²) in [4.78, 5) is 0. The standard InChI is InChI=1S/C11H20N2O/c1-5-11(3,8-14)7-10-6-9(2)12-13(10)4/h6,14H,5,7-8H2,1-4H3. The highest BCUT2D eigenvalue weighted by molar-refractivity contribution is 5.10. The maximum absolute atomic E-state index is 9.31. The van der Waals surface area contributed by atoms with Gasteiger partial charge < -0.3 is 5.11 Å². The molecule has 0 aromatic carbocycles. The van der Waals surface area contributed by atoms with Crippen LogP contribution in [0.5, 0.6) is 0 Å². The molecule has 1 aromatic heterocycles. The normalized spacial score (nSPS) is 15.5. The van der Waals surface area contributed by atoms with Gasteiger partial charge in [0.05, 0.1) is 5.69 Å². The van der Waals surface area contributed by atoms with E-state index in [0.717, 1.165) is 18.5 Å². The molecule has 0 fully saturated rings. The van der Waals surface area contributed by atoms with E-state index < -0.39 is 0 Å². The van der Waals surface area contributed by atoms with E-state index in [0.29, 0.717) is 0 Å². The summed E-state index contributed by atoms with van der Waals surface area (Å²) in [5, 5.41) is 13.6. The molecule has 14 heavy (non-hydrogen) atoms. The lowest BCUT2D eigenvalue weighted by atomic mass is 9.83. The summed E-state index contributed by atoms with van der Waals surface area (Å²) in [6, 6.07) is 2.09. The van der Waals surface area contributed by atoms with Crippen LogP contribution in [0.3, 0.4) is 0 Å². The third-order valence-electron chi connectivity index (χ3n) is 2.94. The van der Waals surface area contributed by atoms with Gasteiger partial charge in [0.25, 0.3) is 0 Å². The van der Waals surface area contributed by atoms with Crippen molar-refractivity contribution in [2.24, 2.45) is 12.5 Å². The van der Waals surface area contributed by atoms with E-state index in [-0.39, 0.29) is 12.0 Å². The molecule has 1 N–H and O–H groups in total. The molecule has 0 saturated carbocycles. The van der Waals surface area contributed by atoms with E-state index in [4.69, 9.17) is 0 Å². The molecule has 3 nitrogen and oxygen atoms in total. The number of hydrogen-bond donors (Lipinski definition) is 1. The topological polar surface area (TPSA) is 38.1 Å². The van der Waals surface area contributed by atoms with Gasteiger partial charge in [0.15, 0.2) is 0 Å². The van der Waals surface area contributed by atoms with Crippen molar-refractivity contribution in [3.63, 3.8) is 0 Å². The number of aryl methyl sites for hydroxylation is 2. The highest BCUT2D eigenvalue weighted by atomic mass is 16.3. The van der Waals surface area contributed by atoms with Crippen LogP contribution >= 0.6 is 0 Å². The Labute approximate surface area is 85.8 Å². The van der Waals surface area contributed by atoms with Gasteiger partial charge in [-0.15, -0.1) is 0 Å². The first-order chi connectivity index (χ1) is 6.50. The molecule has 1 unspecified atom stereocenters. The van der Waals surface area contributed by atoms with Crippen LogP contribution in [-0.4, -0.2) is 21.5 Å². The number of aliphatic hydroxyl groups excluding tert-OH is 1. The minimum atomic E-state index is -0.0137. The van der Waals surface area contributed by atoms with Crippen molar-refractivity contribution in [1.29, 1.82) is 0 Å². The van der Waals surface area contributed by atoms with Crippen LogP contribution < -0.4 is 0 Å². The Bertz CT molecular complexity index is 300. The Hall–Kier alpha value is -0.830. The Morgan fingerprint density at radius 3 is 2.57 bits per heavy atom. The first-order valence-electron chi connectivity index (χ1n) is 5.11. The van der Waals surface area contributed by atoms with Gasteiger partial charge in [-0.1, -0.05) is 13.8 Å². The predicted octanol–water partition coefficient (Wildman–Crippen LogP) is 1.68. The van der Waals surface area contributed by atoms with Crippen LogP contribution in [0.15, 0.2) is 6.07 Å². The van der Waals surface area contributed by atoms with Crippen molar-refractivity contribution in [1.82, 2.24) is 9.78 Å². The minimum absolute atomic E-state index is 0.0137. The molecule has 1 rings (SSSR count). The highest BCUT2D eigenvalue weighted by Crippen LogP contribution is 2.25. The van der Waals surface area contributed by atoms with Crippen LogP contribution in [0.2, 0.25) is 0 Å². The molecule has 0 radical (unpaired) electrons. The van der Waals surface area contributed by atoms with Gasteiger partial charge in [-0.3, -0.25) is 4.68 Å². The third kappa shape index (κ3) is 2.35. The quantitative estimate of drug-likeness (QED) is 0.795. The Morgan fingerprint density at radius 2 is 2.21 bits per heavy atom. The van der Waals surface area contributed by atoms with E-state index in [1.54, 1.807) is 0 Å². The van der Waals surface area contributed by atoms with Crippen molar-refractivity contribution in [3.05, 3.63) is 17.5 Å². The molecule has 0 aliphatic carbocycles. The number of nitrogens with zero attached hydrogens (tertiary/aromatic N) is 2. The largest absolute Gasteiger partial charge is 0.396 e. The molecule has 0 amide bonds. The predicted molar refractivity (Wildman–Crippen MR) is 57.1 cm³/mol. The number of aromatic nitrogens is 2. The average molecular weight is 196 g/mol. The highest BCUT2D eigenvalue weighted by Gasteiger charge is 2.23. The molecule has 1 heterocycles. The van der Waals surface area contributed by atoms with Crippen molar-refractivity contribution >= 4 is 0 Å². The summed E-state index contributed by atoms with van der Waals surface area (Å²) < 4.78 is 1.90. The summed E-state index contributed by atoms with van der Waals surface area (Å²) >= 11 is 0. The zero-order chi connectivity index (χ0) is 10.8. The van der Waals surface area contributed by atoms with E-state index >= 15 is 0 Å². The molecule has 0 aliphatic rings. The SMILES string of the molecule is CCC(C)(CO)Cc1cc(C)nn1C. The van der Waals surface area contributed by atoms with Gasteiger partial charge in [0, 0.05) is 19.3 Å². The van der Waals surface area contributed by atoms with Gasteiger partial charge in [0.1, 0.15) is 0 Å². The lowest BCUT2D eigenvalue weighted by Crippen LogP contribution is -2.24. The lowest BCUT2D eigenvalue weighted by molar-refractivity contribution is 0.135. The summed E-state index contributed by atoms with van der Waals surface area (Å²) in [7, 11) is 1.95. The van der Waals surface area contributed by atoms with Crippen LogP contribution in [-0.2, 0) is 13.5 Å². The minimum Gasteiger partial charge on any atom is -0.396 e. The van der Waals surface area contributed by atoms with Gasteiger partial charge in [-0.2, -0.15) is 5.10 Å². The van der Waals surface area contributed by atoms with Crippen LogP contribution in [0.25, 0.3) is 0 Å². The van der Waals surface area contributed by atoms with Crippen LogP contribution in [0.1, 0.15) is 31.7 Å². The molecule has 80 valence electrons. The first kappa shape index (κ1) is 11.2. The molecule has 1 atom stereocenters. The Morgan fingerprint density at radius 1 is 1.57 bits per heavy atom. The van der Waals surface area contributed by atoms with E-state index in [9.17, 15) is 5.11 Å². The van der Waals surface area contributed by atoms with Gasteiger partial charge in [-0.25, -0.2) is 0 Å². The van der Waals surface area contributed by atoms with Crippen molar-refractivity contribution in [2.45, 2.75) is 33.6 Å². The Balaban J connectivity index is 2.81. The van der Waals surface area contributed by atoms with Crippen molar-refractivity contribution in [2.75, 3.05) is 6.61 Å². The third-order valence-corrected chi connectivity index (χ3v) is 2.94. The maximum Gasteiger partial charge on any atom is 0.0596 e. The number of hydrogen-bond acceptors (Lipinski definition) is 2. The summed E-state index contributed by atoms with van der Waals surface area (Å²) in [6.07, 6.45) is 1.87. The molecule has 0 bridgehead atoms. The fourth-order valence-corrected chi connectivity index (χ4v) is 1.56. The number of aliphatic hydroxyl groups is 1. The van der Waals surface area contributed by atoms with Gasteiger partial charge in [-0.05, 0) is 31.2 Å². The monoisotopic (exact) mass is 196 g/mol. The van der Waals surface area contributed by atoms with Crippen LogP contribution in [0, 0.1) is 12.3 Å². The summed E-state index contributed by atoms with van der Waals surface area (Å²) in [5.41, 5.74) is 2.22. The zero-order valence-electron chi connectivity index (χ0n) is 9.54. The smallest absolute Gasteiger partial charge is 0.0596 e. The molecule has 3 heteroatoms. The molecular formula is C11H20N2O. The first-order valence-corrected chi connectivity index (χ1v) is 5.11. The molecular weight excluding hydrogens is 176 g/mol. The molecule has 1 aromatic rings. The molecule has 0 spiro atoms. The van der Waals surface area contributed by atoms with Gasteiger partial charge >= 0.3 is 0 Å². The second-order valence-electron chi connectivity index (χ2n) is 4.40. The van der Waals surface area contributed by atoms with E-state index in [1.807, 2.05) is 18.7 Å². The maximum atomic E-state index is 9.31. The van der Waals surface area contributed by atoms with Crippen molar-refractivity contribution < 1.29 is 5.11 Å². The van der Waals surface area contributed by atoms with Crippen molar-refractivity contribution in [3.8, 4) is 0 Å². The fraction of sp³-hybridized carbons (Fsp3) is 0.727. The zero-order valence-corrected chi connectivity index (χ0v) is 9.54. The fourth-order valence-electron chi connectivity index (χ4n) is 1.56.